The van der Waals surface area contributed by atoms with Gasteiger partial charge in [-0.2, -0.15) is 0 Å². The summed E-state index contributed by atoms with van der Waals surface area (Å²) in [6.45, 7) is 0. The number of hydrogen-bond acceptors (Lipinski definition) is 2. The zero-order valence-electron chi connectivity index (χ0n) is 6.49. The van der Waals surface area contributed by atoms with E-state index in [-0.39, 0.29) is 0 Å². The van der Waals surface area contributed by atoms with Crippen LogP contribution in [0.5, 0.6) is 0 Å². The van der Waals surface area contributed by atoms with Gasteiger partial charge in [-0.15, -0.1) is 0 Å². The second-order valence-electron chi connectivity index (χ2n) is 2.26. The van der Waals surface area contributed by atoms with Crippen LogP contribution >= 0.6 is 27.5 Å². The van der Waals surface area contributed by atoms with Crippen LogP contribution in [-0.4, -0.2) is 12.8 Å². The molecule has 64 valence electrons. The average Bonchev–Trinajstić information content (AvgIpc) is 2.06. The molecule has 0 aliphatic heterocycles. The zero-order chi connectivity index (χ0) is 9.14. The third-order valence-electron chi connectivity index (χ3n) is 1.42. The van der Waals surface area contributed by atoms with Crippen LogP contribution in [0.3, 0.4) is 0 Å². The van der Waals surface area contributed by atoms with Crippen LogP contribution in [0.25, 0.3) is 0 Å². The van der Waals surface area contributed by atoms with Gasteiger partial charge in [0.2, 0.25) is 0 Å². The Hall–Kier alpha value is -0.540. The fraction of sp³-hybridized carbons (Fsp3) is 0.125. The Balaban J connectivity index is 3.09. The molecule has 0 saturated heterocycles. The predicted molar refractivity (Wildman–Crippen MR) is 55.8 cm³/mol. The van der Waals surface area contributed by atoms with Crippen LogP contribution in [0.4, 0.5) is 0 Å². The lowest BCUT2D eigenvalue weighted by atomic mass is 10.1. The van der Waals surface area contributed by atoms with E-state index >= 15 is 0 Å². The molecule has 0 atom stereocenters. The van der Waals surface area contributed by atoms with Gasteiger partial charge < -0.3 is 10.7 Å². The quantitative estimate of drug-likeness (QED) is 0.734. The van der Waals surface area contributed by atoms with Crippen LogP contribution in [0.1, 0.15) is 0 Å². The summed E-state index contributed by atoms with van der Waals surface area (Å²) < 4.78 is 0.807. The molecule has 0 amide bonds. The lowest BCUT2D eigenvalue weighted by Gasteiger charge is -2.10. The molecule has 0 aromatic rings. The van der Waals surface area contributed by atoms with Crippen LogP contribution in [-0.2, 0) is 0 Å². The van der Waals surface area contributed by atoms with Crippen molar-refractivity contribution in [2.45, 2.75) is 0 Å². The number of rotatable bonds is 1. The van der Waals surface area contributed by atoms with E-state index in [1.54, 1.807) is 25.4 Å². The Kier molecular flexibility index (Phi) is 3.12. The summed E-state index contributed by atoms with van der Waals surface area (Å²) in [5.74, 6) is 0. The third-order valence-corrected chi connectivity index (χ3v) is 2.72. The molecular formula is C8H8BrClN2. The Morgan fingerprint density at radius 1 is 1.58 bits per heavy atom. The van der Waals surface area contributed by atoms with Crippen molar-refractivity contribution >= 4 is 33.2 Å². The van der Waals surface area contributed by atoms with Crippen LogP contribution < -0.4 is 5.32 Å². The number of halogens is 2. The molecule has 0 fully saturated rings. The maximum atomic E-state index is 7.54. The largest absolute Gasteiger partial charge is 0.393 e. The first-order valence-electron chi connectivity index (χ1n) is 3.37. The van der Waals surface area contributed by atoms with Gasteiger partial charge in [-0.1, -0.05) is 11.6 Å². The molecule has 0 aromatic heterocycles. The summed E-state index contributed by atoms with van der Waals surface area (Å²) in [6.07, 6.45) is 5.16. The number of nitrogens with one attached hydrogen (secondary N) is 2. The van der Waals surface area contributed by atoms with E-state index in [0.29, 0.717) is 16.3 Å². The molecule has 0 radical (unpaired) electrons. The highest BCUT2D eigenvalue weighted by atomic mass is 79.9. The first-order chi connectivity index (χ1) is 5.66. The molecule has 0 heterocycles. The molecule has 4 heteroatoms. The van der Waals surface area contributed by atoms with Gasteiger partial charge in [-0.05, 0) is 28.1 Å². The van der Waals surface area contributed by atoms with Crippen LogP contribution in [0.2, 0.25) is 0 Å². The van der Waals surface area contributed by atoms with Gasteiger partial charge in [0.25, 0.3) is 0 Å². The molecule has 1 aliphatic rings. The molecule has 1 rings (SSSR count). The summed E-state index contributed by atoms with van der Waals surface area (Å²) in [5.41, 5.74) is 1.12. The fourth-order valence-corrected chi connectivity index (χ4v) is 1.42. The van der Waals surface area contributed by atoms with Gasteiger partial charge in [-0.3, -0.25) is 0 Å². The second kappa shape index (κ2) is 3.92. The van der Waals surface area contributed by atoms with E-state index < -0.39 is 0 Å². The summed E-state index contributed by atoms with van der Waals surface area (Å²) in [4.78, 5) is 0. The van der Waals surface area contributed by atoms with Gasteiger partial charge in [0.15, 0.2) is 0 Å². The number of allylic oxidation sites excluding steroid dienone is 5. The second-order valence-corrected chi connectivity index (χ2v) is 3.49. The molecule has 0 unspecified atom stereocenters. The molecule has 2 N–H and O–H groups in total. The molecule has 0 bridgehead atoms. The normalized spacial score (nSPS) is 20.6. The zero-order valence-corrected chi connectivity index (χ0v) is 8.83. The summed E-state index contributed by atoms with van der Waals surface area (Å²) in [7, 11) is 1.77. The molecule has 2 nitrogen and oxygen atoms in total. The first kappa shape index (κ1) is 9.55. The lowest BCUT2D eigenvalue weighted by molar-refractivity contribution is 1.09. The van der Waals surface area contributed by atoms with E-state index in [1.165, 1.54) is 0 Å². The predicted octanol–water partition coefficient (Wildman–Crippen LogP) is 2.52. The summed E-state index contributed by atoms with van der Waals surface area (Å²) in [5, 5.41) is 10.9. The van der Waals surface area contributed by atoms with Gasteiger partial charge >= 0.3 is 0 Å². The van der Waals surface area contributed by atoms with E-state index in [2.05, 4.69) is 21.2 Å². The first-order valence-corrected chi connectivity index (χ1v) is 4.54. The Morgan fingerprint density at radius 3 is 2.83 bits per heavy atom. The third kappa shape index (κ3) is 1.79. The van der Waals surface area contributed by atoms with Crippen LogP contribution in [0.15, 0.2) is 33.4 Å². The Labute approximate surface area is 84.6 Å². The van der Waals surface area contributed by atoms with Crippen molar-refractivity contribution in [1.82, 2.24) is 5.32 Å². The molecular weight excluding hydrogens is 239 g/mol. The molecule has 0 spiro atoms. The summed E-state index contributed by atoms with van der Waals surface area (Å²) in [6, 6.07) is 0. The van der Waals surface area contributed by atoms with Crippen molar-refractivity contribution in [3.63, 3.8) is 0 Å². The van der Waals surface area contributed by atoms with E-state index in [9.17, 15) is 0 Å². The maximum absolute atomic E-state index is 7.54. The fourth-order valence-electron chi connectivity index (χ4n) is 0.852. The standard InChI is InChI=1S/C8H8BrClN2/c1-12-4-5-7(11)3-2-6(9)8(5)10/h2-4,11-12H,1H3/b5-4+,11-7?. The van der Waals surface area contributed by atoms with Crippen molar-refractivity contribution in [3.05, 3.63) is 33.4 Å². The minimum Gasteiger partial charge on any atom is -0.393 e. The highest BCUT2D eigenvalue weighted by molar-refractivity contribution is 9.12. The minimum atomic E-state index is 0.414. The van der Waals surface area contributed by atoms with Crippen LogP contribution in [0, 0.1) is 5.41 Å². The molecule has 0 saturated carbocycles. The molecule has 1 aliphatic carbocycles. The van der Waals surface area contributed by atoms with Crippen molar-refractivity contribution in [2.24, 2.45) is 0 Å². The highest BCUT2D eigenvalue weighted by Crippen LogP contribution is 2.28. The van der Waals surface area contributed by atoms with Crippen molar-refractivity contribution in [1.29, 1.82) is 5.41 Å². The SMILES string of the molecule is CN/C=C1\C(=N)C=CC(Br)=C1Cl. The van der Waals surface area contributed by atoms with Gasteiger partial charge in [0, 0.05) is 23.3 Å². The van der Waals surface area contributed by atoms with Crippen molar-refractivity contribution < 1.29 is 0 Å². The van der Waals surface area contributed by atoms with Gasteiger partial charge in [-0.25, -0.2) is 0 Å². The number of hydrogen-bond donors (Lipinski definition) is 2. The van der Waals surface area contributed by atoms with Crippen molar-refractivity contribution in [3.8, 4) is 0 Å². The molecule has 0 aromatic carbocycles. The van der Waals surface area contributed by atoms with E-state index in [0.717, 1.165) is 4.48 Å². The summed E-state index contributed by atoms with van der Waals surface area (Å²) >= 11 is 9.23. The topological polar surface area (TPSA) is 35.9 Å². The Morgan fingerprint density at radius 2 is 2.25 bits per heavy atom. The molecule has 12 heavy (non-hydrogen) atoms. The van der Waals surface area contributed by atoms with E-state index in [1.807, 2.05) is 0 Å². The van der Waals surface area contributed by atoms with Gasteiger partial charge in [0.1, 0.15) is 0 Å². The average molecular weight is 248 g/mol. The maximum Gasteiger partial charge on any atom is 0.0656 e. The highest BCUT2D eigenvalue weighted by Gasteiger charge is 2.13. The monoisotopic (exact) mass is 246 g/mol. The van der Waals surface area contributed by atoms with E-state index in [4.69, 9.17) is 17.0 Å². The van der Waals surface area contributed by atoms with Crippen molar-refractivity contribution in [2.75, 3.05) is 7.05 Å². The Bertz CT molecular complexity index is 302. The minimum absolute atomic E-state index is 0.414. The van der Waals surface area contributed by atoms with Gasteiger partial charge in [0.05, 0.1) is 10.7 Å². The smallest absolute Gasteiger partial charge is 0.0656 e. The lowest BCUT2D eigenvalue weighted by Crippen LogP contribution is -2.07.